The van der Waals surface area contributed by atoms with Gasteiger partial charge in [-0.2, -0.15) is 0 Å². The first-order valence-corrected chi connectivity index (χ1v) is 7.96. The predicted octanol–water partition coefficient (Wildman–Crippen LogP) is -0.200. The lowest BCUT2D eigenvalue weighted by Gasteiger charge is -2.17. The zero-order valence-corrected chi connectivity index (χ0v) is 11.8. The van der Waals surface area contributed by atoms with E-state index in [9.17, 15) is 13.5 Å². The molecule has 2 fully saturated rings. The molecule has 4 unspecified atom stereocenters. The monoisotopic (exact) mass is 299 g/mol. The molecule has 20 heavy (non-hydrogen) atoms. The lowest BCUT2D eigenvalue weighted by molar-refractivity contribution is 0.0181. The van der Waals surface area contributed by atoms with Crippen LogP contribution in [0.3, 0.4) is 0 Å². The maximum Gasteiger partial charge on any atom is 0.240 e. The lowest BCUT2D eigenvalue weighted by Crippen LogP contribution is -2.44. The molecule has 1 aromatic carbocycles. The average Bonchev–Trinajstić information content (AvgIpc) is 2.95. The van der Waals surface area contributed by atoms with Crippen LogP contribution >= 0.6 is 0 Å². The second kappa shape index (κ2) is 5.09. The topological polar surface area (TPSA) is 84.9 Å². The van der Waals surface area contributed by atoms with Crippen molar-refractivity contribution >= 4 is 10.0 Å². The zero-order chi connectivity index (χ0) is 14.3. The Morgan fingerprint density at radius 1 is 1.15 bits per heavy atom. The van der Waals surface area contributed by atoms with Gasteiger partial charge in [0.1, 0.15) is 18.3 Å². The maximum atomic E-state index is 12.3. The number of rotatable bonds is 3. The summed E-state index contributed by atoms with van der Waals surface area (Å²) < 4.78 is 38.0. The number of ether oxygens (including phenoxy) is 2. The van der Waals surface area contributed by atoms with E-state index in [0.29, 0.717) is 0 Å². The highest BCUT2D eigenvalue weighted by molar-refractivity contribution is 7.89. The lowest BCUT2D eigenvalue weighted by atomic mass is 10.1. The minimum Gasteiger partial charge on any atom is -0.388 e. The molecule has 4 atom stereocenters. The van der Waals surface area contributed by atoms with E-state index in [1.54, 1.807) is 24.3 Å². The number of aryl methyl sites for hydroxylation is 1. The van der Waals surface area contributed by atoms with Gasteiger partial charge in [-0.3, -0.25) is 0 Å². The first-order chi connectivity index (χ1) is 9.47. The minimum absolute atomic E-state index is 0.179. The smallest absolute Gasteiger partial charge is 0.240 e. The van der Waals surface area contributed by atoms with Gasteiger partial charge < -0.3 is 14.6 Å². The molecule has 2 heterocycles. The van der Waals surface area contributed by atoms with Crippen LogP contribution in [0.25, 0.3) is 0 Å². The molecule has 110 valence electrons. The van der Waals surface area contributed by atoms with Crippen molar-refractivity contribution in [3.8, 4) is 0 Å². The number of aliphatic hydroxyl groups excluding tert-OH is 1. The third-order valence-corrected chi connectivity index (χ3v) is 5.17. The van der Waals surface area contributed by atoms with Gasteiger partial charge in [0.15, 0.2) is 0 Å². The van der Waals surface area contributed by atoms with E-state index >= 15 is 0 Å². The van der Waals surface area contributed by atoms with Gasteiger partial charge in [-0.05, 0) is 19.1 Å². The van der Waals surface area contributed by atoms with Crippen LogP contribution in [-0.2, 0) is 19.5 Å². The molecule has 0 bridgehead atoms. The van der Waals surface area contributed by atoms with Crippen molar-refractivity contribution in [2.45, 2.75) is 36.2 Å². The average molecular weight is 299 g/mol. The van der Waals surface area contributed by atoms with Crippen LogP contribution in [0.15, 0.2) is 29.2 Å². The van der Waals surface area contributed by atoms with Gasteiger partial charge in [-0.1, -0.05) is 17.7 Å². The fraction of sp³-hybridized carbons (Fsp3) is 0.538. The van der Waals surface area contributed by atoms with Gasteiger partial charge in [-0.15, -0.1) is 0 Å². The van der Waals surface area contributed by atoms with Crippen molar-refractivity contribution in [2.75, 3.05) is 13.2 Å². The molecule has 2 saturated heterocycles. The highest BCUT2D eigenvalue weighted by Crippen LogP contribution is 2.27. The van der Waals surface area contributed by atoms with Crippen LogP contribution in [0.2, 0.25) is 0 Å². The molecule has 6 nitrogen and oxygen atoms in total. The number of hydrogen-bond donors (Lipinski definition) is 2. The molecule has 1 aromatic rings. The van der Waals surface area contributed by atoms with Crippen molar-refractivity contribution in [1.82, 2.24) is 4.72 Å². The number of nitrogens with one attached hydrogen (secondary N) is 1. The second-order valence-electron chi connectivity index (χ2n) is 5.20. The largest absolute Gasteiger partial charge is 0.388 e. The van der Waals surface area contributed by atoms with E-state index in [-0.39, 0.29) is 18.1 Å². The SMILES string of the molecule is Cc1ccc(S(=O)(=O)NC2COC3C(O)COC23)cc1. The van der Waals surface area contributed by atoms with E-state index < -0.39 is 34.4 Å². The number of benzene rings is 1. The van der Waals surface area contributed by atoms with Crippen LogP contribution in [-0.4, -0.2) is 51.1 Å². The quantitative estimate of drug-likeness (QED) is 0.807. The Kier molecular flexibility index (Phi) is 3.55. The summed E-state index contributed by atoms with van der Waals surface area (Å²) in [5.74, 6) is 0. The molecule has 0 radical (unpaired) electrons. The van der Waals surface area contributed by atoms with Gasteiger partial charge in [0.05, 0.1) is 24.2 Å². The van der Waals surface area contributed by atoms with E-state index in [1.165, 1.54) is 0 Å². The minimum atomic E-state index is -3.61. The summed E-state index contributed by atoms with van der Waals surface area (Å²) in [6.07, 6.45) is -1.56. The molecule has 0 aliphatic carbocycles. The Labute approximate surface area is 117 Å². The summed E-state index contributed by atoms with van der Waals surface area (Å²) in [5.41, 5.74) is 0.996. The Hall–Kier alpha value is -0.990. The number of fused-ring (bicyclic) bond motifs is 1. The van der Waals surface area contributed by atoms with Crippen molar-refractivity contribution in [2.24, 2.45) is 0 Å². The second-order valence-corrected chi connectivity index (χ2v) is 6.92. The van der Waals surface area contributed by atoms with Gasteiger partial charge in [0.2, 0.25) is 10.0 Å². The van der Waals surface area contributed by atoms with Crippen LogP contribution in [0.1, 0.15) is 5.56 Å². The van der Waals surface area contributed by atoms with Crippen molar-refractivity contribution in [1.29, 1.82) is 0 Å². The molecule has 0 amide bonds. The molecular formula is C13H17NO5S. The summed E-state index contributed by atoms with van der Waals surface area (Å²) in [5, 5.41) is 9.64. The summed E-state index contributed by atoms with van der Waals surface area (Å²) in [4.78, 5) is 0.213. The van der Waals surface area contributed by atoms with Gasteiger partial charge >= 0.3 is 0 Å². The summed E-state index contributed by atoms with van der Waals surface area (Å²) in [7, 11) is -3.61. The third kappa shape index (κ3) is 2.47. The van der Waals surface area contributed by atoms with Crippen LogP contribution < -0.4 is 4.72 Å². The first kappa shape index (κ1) is 14.0. The van der Waals surface area contributed by atoms with E-state index in [4.69, 9.17) is 9.47 Å². The number of sulfonamides is 1. The Morgan fingerprint density at radius 2 is 1.80 bits per heavy atom. The predicted molar refractivity (Wildman–Crippen MR) is 70.8 cm³/mol. The Bertz CT molecular complexity index is 585. The van der Waals surface area contributed by atoms with Gasteiger partial charge in [0.25, 0.3) is 0 Å². The third-order valence-electron chi connectivity index (χ3n) is 3.67. The van der Waals surface area contributed by atoms with Crippen molar-refractivity contribution in [3.05, 3.63) is 29.8 Å². The molecule has 3 rings (SSSR count). The van der Waals surface area contributed by atoms with E-state index in [2.05, 4.69) is 4.72 Å². The molecule has 2 aliphatic heterocycles. The van der Waals surface area contributed by atoms with Crippen molar-refractivity contribution in [3.63, 3.8) is 0 Å². The molecule has 2 N–H and O–H groups in total. The van der Waals surface area contributed by atoms with Crippen LogP contribution in [0.4, 0.5) is 0 Å². The number of hydrogen-bond acceptors (Lipinski definition) is 5. The maximum absolute atomic E-state index is 12.3. The van der Waals surface area contributed by atoms with Gasteiger partial charge in [0, 0.05) is 0 Å². The highest BCUT2D eigenvalue weighted by atomic mass is 32.2. The first-order valence-electron chi connectivity index (χ1n) is 6.48. The molecule has 2 aliphatic rings. The zero-order valence-electron chi connectivity index (χ0n) is 11.0. The standard InChI is InChI=1S/C13H17NO5S/c1-8-2-4-9(5-3-8)20(16,17)14-10-6-18-13-11(15)7-19-12(10)13/h2-5,10-15H,6-7H2,1H3. The summed E-state index contributed by atoms with van der Waals surface area (Å²) >= 11 is 0. The molecule has 7 heteroatoms. The Balaban J connectivity index is 1.76. The highest BCUT2D eigenvalue weighted by Gasteiger charge is 2.48. The summed E-state index contributed by atoms with van der Waals surface area (Å²) in [6.45, 7) is 2.28. The molecule has 0 saturated carbocycles. The molecular weight excluding hydrogens is 282 g/mol. The van der Waals surface area contributed by atoms with Crippen LogP contribution in [0.5, 0.6) is 0 Å². The molecule has 0 spiro atoms. The fourth-order valence-electron chi connectivity index (χ4n) is 2.56. The molecule has 0 aromatic heterocycles. The van der Waals surface area contributed by atoms with Crippen LogP contribution in [0, 0.1) is 6.92 Å². The van der Waals surface area contributed by atoms with Crippen molar-refractivity contribution < 1.29 is 23.0 Å². The summed E-state index contributed by atoms with van der Waals surface area (Å²) in [6, 6.07) is 6.16. The van der Waals surface area contributed by atoms with E-state index in [1.807, 2.05) is 6.92 Å². The van der Waals surface area contributed by atoms with E-state index in [0.717, 1.165) is 5.56 Å². The van der Waals surface area contributed by atoms with Gasteiger partial charge in [-0.25, -0.2) is 13.1 Å². The number of aliphatic hydroxyl groups is 1. The fourth-order valence-corrected chi connectivity index (χ4v) is 3.80. The Morgan fingerprint density at radius 3 is 2.50 bits per heavy atom. The normalized spacial score (nSPS) is 33.3.